The van der Waals surface area contributed by atoms with E-state index in [1.807, 2.05) is 0 Å². The van der Waals surface area contributed by atoms with Gasteiger partial charge in [-0.05, 0) is 20.3 Å². The number of hydrogen-bond acceptors (Lipinski definition) is 4. The number of amides is 1. The number of carbonyl (C=O) groups is 2. The predicted molar refractivity (Wildman–Crippen MR) is 64.8 cm³/mol. The van der Waals surface area contributed by atoms with Gasteiger partial charge in [-0.25, -0.2) is 4.79 Å². The van der Waals surface area contributed by atoms with Gasteiger partial charge in [0.25, 0.3) is 0 Å². The SMILES string of the molecule is CCCCCOC(=O)CN(CC)C(=O)OCC. The van der Waals surface area contributed by atoms with Gasteiger partial charge in [0, 0.05) is 6.54 Å². The highest BCUT2D eigenvalue weighted by atomic mass is 16.6. The molecule has 0 radical (unpaired) electrons. The monoisotopic (exact) mass is 245 g/mol. The molecule has 0 bridgehead atoms. The normalized spacial score (nSPS) is 9.82. The summed E-state index contributed by atoms with van der Waals surface area (Å²) >= 11 is 0. The summed E-state index contributed by atoms with van der Waals surface area (Å²) in [5.41, 5.74) is 0. The van der Waals surface area contributed by atoms with Gasteiger partial charge in [0.2, 0.25) is 0 Å². The summed E-state index contributed by atoms with van der Waals surface area (Å²) in [7, 11) is 0. The van der Waals surface area contributed by atoms with Crippen molar-refractivity contribution >= 4 is 12.1 Å². The molecule has 0 fully saturated rings. The molecule has 5 nitrogen and oxygen atoms in total. The van der Waals surface area contributed by atoms with Crippen LogP contribution in [0.4, 0.5) is 4.79 Å². The second-order valence-electron chi connectivity index (χ2n) is 3.64. The first kappa shape index (κ1) is 15.7. The van der Waals surface area contributed by atoms with Crippen molar-refractivity contribution in [2.75, 3.05) is 26.3 Å². The van der Waals surface area contributed by atoms with Crippen LogP contribution in [0.15, 0.2) is 0 Å². The zero-order valence-corrected chi connectivity index (χ0v) is 11.0. The van der Waals surface area contributed by atoms with Gasteiger partial charge in [0.1, 0.15) is 6.54 Å². The third-order valence-electron chi connectivity index (χ3n) is 2.24. The Morgan fingerprint density at radius 3 is 2.29 bits per heavy atom. The summed E-state index contributed by atoms with van der Waals surface area (Å²) in [5.74, 6) is -0.379. The summed E-state index contributed by atoms with van der Waals surface area (Å²) in [4.78, 5) is 24.1. The molecule has 0 N–H and O–H groups in total. The van der Waals surface area contributed by atoms with Crippen LogP contribution in [0, 0.1) is 0 Å². The van der Waals surface area contributed by atoms with E-state index in [2.05, 4.69) is 6.92 Å². The lowest BCUT2D eigenvalue weighted by molar-refractivity contribution is -0.144. The lowest BCUT2D eigenvalue weighted by atomic mass is 10.3. The molecule has 0 aromatic rings. The molecule has 0 saturated carbocycles. The van der Waals surface area contributed by atoms with Gasteiger partial charge in [-0.2, -0.15) is 0 Å². The zero-order valence-electron chi connectivity index (χ0n) is 11.0. The molecule has 0 heterocycles. The van der Waals surface area contributed by atoms with E-state index in [-0.39, 0.29) is 12.5 Å². The van der Waals surface area contributed by atoms with E-state index in [1.54, 1.807) is 13.8 Å². The Kier molecular flexibility index (Phi) is 9.19. The number of nitrogens with zero attached hydrogens (tertiary/aromatic N) is 1. The van der Waals surface area contributed by atoms with E-state index in [0.717, 1.165) is 19.3 Å². The lowest BCUT2D eigenvalue weighted by Crippen LogP contribution is -2.36. The van der Waals surface area contributed by atoms with E-state index in [9.17, 15) is 9.59 Å². The average molecular weight is 245 g/mol. The molecule has 0 aliphatic heterocycles. The van der Waals surface area contributed by atoms with Crippen LogP contribution in [0.2, 0.25) is 0 Å². The third kappa shape index (κ3) is 7.60. The first-order chi connectivity index (χ1) is 8.15. The minimum absolute atomic E-state index is 0.0402. The van der Waals surface area contributed by atoms with Crippen LogP contribution in [-0.2, 0) is 14.3 Å². The molecule has 0 aromatic carbocycles. The van der Waals surface area contributed by atoms with E-state index >= 15 is 0 Å². The van der Waals surface area contributed by atoms with Crippen molar-refractivity contribution in [3.63, 3.8) is 0 Å². The Balaban J connectivity index is 3.85. The summed E-state index contributed by atoms with van der Waals surface area (Å²) in [6, 6.07) is 0. The van der Waals surface area contributed by atoms with Crippen LogP contribution in [0.1, 0.15) is 40.0 Å². The Bertz CT molecular complexity index is 231. The van der Waals surface area contributed by atoms with Gasteiger partial charge in [0.05, 0.1) is 13.2 Å². The van der Waals surface area contributed by atoms with Gasteiger partial charge in [-0.15, -0.1) is 0 Å². The van der Waals surface area contributed by atoms with Crippen LogP contribution in [0.25, 0.3) is 0 Å². The Morgan fingerprint density at radius 1 is 1.06 bits per heavy atom. The number of likely N-dealkylation sites (N-methyl/N-ethyl adjacent to an activating group) is 1. The van der Waals surface area contributed by atoms with E-state index in [0.29, 0.717) is 19.8 Å². The second kappa shape index (κ2) is 9.93. The van der Waals surface area contributed by atoms with Crippen LogP contribution in [0.3, 0.4) is 0 Å². The number of ether oxygens (including phenoxy) is 2. The maximum absolute atomic E-state index is 11.4. The summed E-state index contributed by atoms with van der Waals surface area (Å²) in [5, 5.41) is 0. The van der Waals surface area contributed by atoms with Crippen LogP contribution >= 0.6 is 0 Å². The molecular weight excluding hydrogens is 222 g/mol. The summed E-state index contributed by atoms with van der Waals surface area (Å²) in [6.07, 6.45) is 2.53. The van der Waals surface area contributed by atoms with Gasteiger partial charge in [-0.1, -0.05) is 19.8 Å². The fourth-order valence-electron chi connectivity index (χ4n) is 1.26. The Morgan fingerprint density at radius 2 is 1.76 bits per heavy atom. The maximum Gasteiger partial charge on any atom is 0.410 e. The van der Waals surface area contributed by atoms with Crippen molar-refractivity contribution in [2.45, 2.75) is 40.0 Å². The lowest BCUT2D eigenvalue weighted by Gasteiger charge is -2.18. The molecule has 0 rings (SSSR count). The Labute approximate surface area is 103 Å². The topological polar surface area (TPSA) is 55.8 Å². The second-order valence-corrected chi connectivity index (χ2v) is 3.64. The number of carbonyl (C=O) groups excluding carboxylic acids is 2. The highest BCUT2D eigenvalue weighted by Gasteiger charge is 2.16. The highest BCUT2D eigenvalue weighted by Crippen LogP contribution is 1.98. The van der Waals surface area contributed by atoms with Crippen LogP contribution in [-0.4, -0.2) is 43.3 Å². The van der Waals surface area contributed by atoms with E-state index < -0.39 is 6.09 Å². The molecule has 17 heavy (non-hydrogen) atoms. The number of rotatable bonds is 8. The van der Waals surface area contributed by atoms with Gasteiger partial charge < -0.3 is 9.47 Å². The van der Waals surface area contributed by atoms with Crippen molar-refractivity contribution in [3.8, 4) is 0 Å². The predicted octanol–water partition coefficient (Wildman–Crippen LogP) is 2.20. The first-order valence-corrected chi connectivity index (χ1v) is 6.22. The molecule has 0 aliphatic rings. The molecule has 1 amide bonds. The molecule has 0 spiro atoms. The largest absolute Gasteiger partial charge is 0.464 e. The number of hydrogen-bond donors (Lipinski definition) is 0. The summed E-state index contributed by atoms with van der Waals surface area (Å²) < 4.78 is 9.83. The van der Waals surface area contributed by atoms with Crippen LogP contribution < -0.4 is 0 Å². The van der Waals surface area contributed by atoms with Crippen molar-refractivity contribution in [2.24, 2.45) is 0 Å². The van der Waals surface area contributed by atoms with Crippen molar-refractivity contribution < 1.29 is 19.1 Å². The fraction of sp³-hybridized carbons (Fsp3) is 0.833. The van der Waals surface area contributed by atoms with Gasteiger partial charge >= 0.3 is 12.1 Å². The minimum atomic E-state index is -0.472. The highest BCUT2D eigenvalue weighted by molar-refractivity contribution is 5.78. The van der Waals surface area contributed by atoms with Gasteiger partial charge in [0.15, 0.2) is 0 Å². The fourth-order valence-corrected chi connectivity index (χ4v) is 1.26. The molecule has 0 aromatic heterocycles. The van der Waals surface area contributed by atoms with Crippen molar-refractivity contribution in [1.29, 1.82) is 0 Å². The Hall–Kier alpha value is -1.26. The van der Waals surface area contributed by atoms with Crippen LogP contribution in [0.5, 0.6) is 0 Å². The smallest absolute Gasteiger partial charge is 0.410 e. The van der Waals surface area contributed by atoms with Crippen molar-refractivity contribution in [1.82, 2.24) is 4.90 Å². The molecule has 0 atom stereocenters. The minimum Gasteiger partial charge on any atom is -0.464 e. The molecular formula is C12H23NO4. The maximum atomic E-state index is 11.4. The molecule has 5 heteroatoms. The molecule has 0 aliphatic carbocycles. The standard InChI is InChI=1S/C12H23NO4/c1-4-7-8-9-17-11(14)10-13(5-2)12(15)16-6-3/h4-10H2,1-3H3. The van der Waals surface area contributed by atoms with E-state index in [4.69, 9.17) is 9.47 Å². The van der Waals surface area contributed by atoms with Crippen molar-refractivity contribution in [3.05, 3.63) is 0 Å². The number of unbranched alkanes of at least 4 members (excludes halogenated alkanes) is 2. The summed E-state index contributed by atoms with van der Waals surface area (Å²) in [6.45, 7) is 6.73. The van der Waals surface area contributed by atoms with E-state index in [1.165, 1.54) is 4.90 Å². The third-order valence-corrected chi connectivity index (χ3v) is 2.24. The zero-order chi connectivity index (χ0) is 13.1. The number of esters is 1. The average Bonchev–Trinajstić information content (AvgIpc) is 2.32. The molecule has 0 saturated heterocycles. The molecule has 0 unspecified atom stereocenters. The first-order valence-electron chi connectivity index (χ1n) is 6.22. The molecule has 100 valence electrons. The van der Waals surface area contributed by atoms with Gasteiger partial charge in [-0.3, -0.25) is 9.69 Å². The quantitative estimate of drug-likeness (QED) is 0.486.